The number of guanidine groups is 1. The van der Waals surface area contributed by atoms with E-state index in [0.717, 1.165) is 63.2 Å². The number of nitrogens with one attached hydrogen (secondary N) is 2. The van der Waals surface area contributed by atoms with E-state index in [-0.39, 0.29) is 24.0 Å². The van der Waals surface area contributed by atoms with Crippen LogP contribution in [0.25, 0.3) is 0 Å². The molecule has 0 radical (unpaired) electrons. The number of hydrogen-bond donors (Lipinski definition) is 2. The molecule has 0 bridgehead atoms. The lowest BCUT2D eigenvalue weighted by atomic mass is 10.2. The zero-order chi connectivity index (χ0) is 19.6. The number of aliphatic imine (C=N–C) groups is 1. The third-order valence-electron chi connectivity index (χ3n) is 5.06. The lowest BCUT2D eigenvalue weighted by molar-refractivity contribution is 0.508. The van der Waals surface area contributed by atoms with Gasteiger partial charge in [-0.25, -0.2) is 4.99 Å². The highest BCUT2D eigenvalue weighted by atomic mass is 127. The van der Waals surface area contributed by atoms with Gasteiger partial charge in [-0.3, -0.25) is 0 Å². The third kappa shape index (κ3) is 6.87. The van der Waals surface area contributed by atoms with Crippen molar-refractivity contribution in [3.8, 4) is 0 Å². The maximum atomic E-state index is 4.72. The summed E-state index contributed by atoms with van der Waals surface area (Å²) in [4.78, 5) is 7.11. The summed E-state index contributed by atoms with van der Waals surface area (Å²) in [5.41, 5.74) is 1.28. The lowest BCUT2D eigenvalue weighted by Crippen LogP contribution is -2.39. The molecule has 8 heteroatoms. The molecule has 2 heterocycles. The van der Waals surface area contributed by atoms with Crippen LogP contribution in [-0.4, -0.2) is 46.9 Å². The van der Waals surface area contributed by atoms with Crippen molar-refractivity contribution in [1.82, 2.24) is 25.4 Å². The molecule has 0 spiro atoms. The number of para-hydroxylation sites is 1. The lowest BCUT2D eigenvalue weighted by Gasteiger charge is -2.23. The van der Waals surface area contributed by atoms with Crippen molar-refractivity contribution in [2.75, 3.05) is 31.1 Å². The van der Waals surface area contributed by atoms with Crippen LogP contribution >= 0.6 is 24.0 Å². The maximum absolute atomic E-state index is 4.72. The smallest absolute Gasteiger partial charge is 0.191 e. The summed E-state index contributed by atoms with van der Waals surface area (Å²) in [7, 11) is 0. The molecule has 160 valence electrons. The minimum Gasteiger partial charge on any atom is -0.372 e. The van der Waals surface area contributed by atoms with E-state index in [2.05, 4.69) is 74.5 Å². The number of rotatable bonds is 9. The minimum absolute atomic E-state index is 0. The first-order valence-corrected chi connectivity index (χ1v) is 10.5. The molecule has 0 atom stereocenters. The molecule has 0 amide bonds. The van der Waals surface area contributed by atoms with Gasteiger partial charge in [0.15, 0.2) is 11.8 Å². The van der Waals surface area contributed by atoms with Gasteiger partial charge >= 0.3 is 0 Å². The number of anilines is 1. The van der Waals surface area contributed by atoms with Crippen molar-refractivity contribution in [3.63, 3.8) is 0 Å². The molecule has 3 rings (SSSR count). The molecular weight excluding hydrogens is 477 g/mol. The van der Waals surface area contributed by atoms with Crippen LogP contribution in [0.1, 0.15) is 44.8 Å². The maximum Gasteiger partial charge on any atom is 0.191 e. The Balaban J connectivity index is 0.00000300. The van der Waals surface area contributed by atoms with Gasteiger partial charge in [0.2, 0.25) is 0 Å². The molecule has 7 nitrogen and oxygen atoms in total. The van der Waals surface area contributed by atoms with E-state index in [1.807, 2.05) is 0 Å². The van der Waals surface area contributed by atoms with E-state index in [9.17, 15) is 0 Å². The van der Waals surface area contributed by atoms with E-state index >= 15 is 0 Å². The second kappa shape index (κ2) is 12.7. The Hall–Kier alpha value is -1.84. The zero-order valence-electron chi connectivity index (χ0n) is 17.6. The number of aromatic nitrogens is 3. The fourth-order valence-corrected chi connectivity index (χ4v) is 3.56. The first-order chi connectivity index (χ1) is 13.8. The highest BCUT2D eigenvalue weighted by molar-refractivity contribution is 14.0. The van der Waals surface area contributed by atoms with Gasteiger partial charge in [0.05, 0.1) is 0 Å². The monoisotopic (exact) mass is 511 g/mol. The van der Waals surface area contributed by atoms with Gasteiger partial charge in [-0.15, -0.1) is 34.2 Å². The van der Waals surface area contributed by atoms with Crippen LogP contribution in [0.2, 0.25) is 0 Å². The standard InChI is InChI=1S/C21H33N7.HI/c1-3-22-21(24-17-20-26-25-19-13-8-9-16-28(19)20)23-14-10-15-27(4-2)18-11-6-5-7-12-18;/h5-7,11-12H,3-4,8-10,13-17H2,1-2H3,(H2,22,23,24);1H. The molecule has 0 unspecified atom stereocenters. The van der Waals surface area contributed by atoms with Crippen molar-refractivity contribution >= 4 is 35.6 Å². The largest absolute Gasteiger partial charge is 0.372 e. The normalized spacial score (nSPS) is 13.4. The van der Waals surface area contributed by atoms with Crippen LogP contribution in [-0.2, 0) is 19.5 Å². The topological polar surface area (TPSA) is 70.4 Å². The van der Waals surface area contributed by atoms with Crippen molar-refractivity contribution in [3.05, 3.63) is 42.0 Å². The van der Waals surface area contributed by atoms with Crippen molar-refractivity contribution in [1.29, 1.82) is 0 Å². The van der Waals surface area contributed by atoms with Gasteiger partial charge in [0.1, 0.15) is 12.4 Å². The summed E-state index contributed by atoms with van der Waals surface area (Å²) in [5.74, 6) is 2.92. The number of nitrogens with zero attached hydrogens (tertiary/aromatic N) is 5. The van der Waals surface area contributed by atoms with Crippen LogP contribution < -0.4 is 15.5 Å². The zero-order valence-corrected chi connectivity index (χ0v) is 19.9. The van der Waals surface area contributed by atoms with E-state index in [4.69, 9.17) is 4.99 Å². The van der Waals surface area contributed by atoms with Crippen LogP contribution in [0.5, 0.6) is 0 Å². The molecule has 1 aliphatic heterocycles. The van der Waals surface area contributed by atoms with Gasteiger partial charge in [0, 0.05) is 44.8 Å². The van der Waals surface area contributed by atoms with Gasteiger partial charge in [-0.2, -0.15) is 0 Å². The molecule has 2 aromatic rings. The Morgan fingerprint density at radius 3 is 2.72 bits per heavy atom. The van der Waals surface area contributed by atoms with E-state index in [0.29, 0.717) is 6.54 Å². The van der Waals surface area contributed by atoms with Crippen LogP contribution in [0.15, 0.2) is 35.3 Å². The van der Waals surface area contributed by atoms with Crippen molar-refractivity contribution in [2.24, 2.45) is 4.99 Å². The summed E-state index contributed by atoms with van der Waals surface area (Å²) < 4.78 is 2.23. The molecule has 0 saturated carbocycles. The highest BCUT2D eigenvalue weighted by Crippen LogP contribution is 2.15. The Labute approximate surface area is 191 Å². The quantitative estimate of drug-likeness (QED) is 0.234. The fourth-order valence-electron chi connectivity index (χ4n) is 3.56. The number of halogens is 1. The Morgan fingerprint density at radius 2 is 1.97 bits per heavy atom. The summed E-state index contributed by atoms with van der Waals surface area (Å²) in [6.07, 6.45) is 4.50. The summed E-state index contributed by atoms with van der Waals surface area (Å²) in [6, 6.07) is 10.6. The number of benzene rings is 1. The van der Waals surface area contributed by atoms with Crippen LogP contribution in [0.4, 0.5) is 5.69 Å². The van der Waals surface area contributed by atoms with Crippen molar-refractivity contribution < 1.29 is 0 Å². The number of aryl methyl sites for hydroxylation is 1. The number of fused-ring (bicyclic) bond motifs is 1. The van der Waals surface area contributed by atoms with Crippen LogP contribution in [0.3, 0.4) is 0 Å². The molecule has 1 aliphatic rings. The van der Waals surface area contributed by atoms with E-state index in [1.54, 1.807) is 0 Å². The van der Waals surface area contributed by atoms with Gasteiger partial charge < -0.3 is 20.1 Å². The Morgan fingerprint density at radius 1 is 1.14 bits per heavy atom. The van der Waals surface area contributed by atoms with E-state index in [1.165, 1.54) is 18.5 Å². The molecule has 0 fully saturated rings. The van der Waals surface area contributed by atoms with Gasteiger partial charge in [0.25, 0.3) is 0 Å². The second-order valence-electron chi connectivity index (χ2n) is 7.03. The van der Waals surface area contributed by atoms with Crippen LogP contribution in [0, 0.1) is 0 Å². The molecule has 0 aliphatic carbocycles. The molecule has 0 saturated heterocycles. The number of hydrogen-bond acceptors (Lipinski definition) is 4. The minimum atomic E-state index is 0. The SMILES string of the molecule is CCNC(=NCc1nnc2n1CCCC2)NCCCN(CC)c1ccccc1.I. The second-order valence-corrected chi connectivity index (χ2v) is 7.03. The molecule has 2 N–H and O–H groups in total. The third-order valence-corrected chi connectivity index (χ3v) is 5.06. The van der Waals surface area contributed by atoms with E-state index < -0.39 is 0 Å². The average Bonchev–Trinajstić information content (AvgIpc) is 3.16. The predicted molar refractivity (Wildman–Crippen MR) is 130 cm³/mol. The fraction of sp³-hybridized carbons (Fsp3) is 0.571. The summed E-state index contributed by atoms with van der Waals surface area (Å²) >= 11 is 0. The first kappa shape index (κ1) is 23.4. The predicted octanol–water partition coefficient (Wildman–Crippen LogP) is 3.20. The summed E-state index contributed by atoms with van der Waals surface area (Å²) in [5, 5.41) is 15.4. The molecule has 29 heavy (non-hydrogen) atoms. The molecular formula is C21H34IN7. The van der Waals surface area contributed by atoms with Gasteiger partial charge in [-0.1, -0.05) is 18.2 Å². The summed E-state index contributed by atoms with van der Waals surface area (Å²) in [6.45, 7) is 9.62. The Bertz CT molecular complexity index is 745. The van der Waals surface area contributed by atoms with Gasteiger partial charge in [-0.05, 0) is 45.2 Å². The molecule has 1 aromatic carbocycles. The average molecular weight is 511 g/mol. The first-order valence-electron chi connectivity index (χ1n) is 10.5. The highest BCUT2D eigenvalue weighted by Gasteiger charge is 2.15. The van der Waals surface area contributed by atoms with Crippen molar-refractivity contribution in [2.45, 2.75) is 52.6 Å². The molecule has 1 aromatic heterocycles. The Kier molecular flexibility index (Phi) is 10.2.